The Morgan fingerprint density at radius 1 is 1.33 bits per heavy atom. The van der Waals surface area contributed by atoms with E-state index in [-0.39, 0.29) is 21.2 Å². The van der Waals surface area contributed by atoms with E-state index in [1.54, 1.807) is 6.92 Å². The summed E-state index contributed by atoms with van der Waals surface area (Å²) in [5, 5.41) is 14.7. The molecule has 0 aliphatic carbocycles. The molecule has 12 heteroatoms. The van der Waals surface area contributed by atoms with Crippen LogP contribution in [-0.4, -0.2) is 50.5 Å². The quantitative estimate of drug-likeness (QED) is 0.370. The van der Waals surface area contributed by atoms with Crippen molar-refractivity contribution in [3.05, 3.63) is 62.7 Å². The van der Waals surface area contributed by atoms with E-state index in [0.29, 0.717) is 11.3 Å². The summed E-state index contributed by atoms with van der Waals surface area (Å²) in [7, 11) is -1.17. The molecule has 30 heavy (non-hydrogen) atoms. The molecular formula is C18H19ClN4O6S. The number of carbonyl (C=O) groups excluding carboxylic acids is 1. The van der Waals surface area contributed by atoms with E-state index < -0.39 is 27.4 Å². The fraction of sp³-hybridized carbons (Fsp3) is 0.222. The first-order valence-electron chi connectivity index (χ1n) is 8.43. The zero-order chi connectivity index (χ0) is 22.5. The lowest BCUT2D eigenvalue weighted by atomic mass is 10.2. The first-order chi connectivity index (χ1) is 14.1. The lowest BCUT2D eigenvalue weighted by molar-refractivity contribution is -0.384. The number of likely N-dealkylation sites (N-methyl/N-ethyl adjacent to an activating group) is 1. The van der Waals surface area contributed by atoms with E-state index in [9.17, 15) is 23.3 Å². The summed E-state index contributed by atoms with van der Waals surface area (Å²) in [5.74, 6) is -0.160. The Kier molecular flexibility index (Phi) is 7.48. The van der Waals surface area contributed by atoms with Crippen molar-refractivity contribution in [1.82, 2.24) is 9.73 Å². The van der Waals surface area contributed by atoms with Gasteiger partial charge in [-0.3, -0.25) is 14.9 Å². The number of methoxy groups -OCH3 is 1. The molecule has 0 saturated carbocycles. The SMILES string of the molecule is COc1ccc(S(=O)(=O)N(C)CC(=O)N/N=C\c2cc([N+](=O)[O-])ccc2Cl)cc1C. The minimum absolute atomic E-state index is 0.0166. The molecule has 0 atom stereocenters. The van der Waals surface area contributed by atoms with E-state index in [2.05, 4.69) is 10.5 Å². The standard InChI is InChI=1S/C18H19ClN4O6S/c1-12-8-15(5-7-17(12)29-3)30(27,28)22(2)11-18(24)21-20-10-13-9-14(23(25)26)4-6-16(13)19/h4-10H,11H2,1-3H3,(H,21,24)/b20-10-. The molecule has 0 aromatic heterocycles. The van der Waals surface area contributed by atoms with Crippen LogP contribution in [0.3, 0.4) is 0 Å². The van der Waals surface area contributed by atoms with E-state index in [1.165, 1.54) is 50.6 Å². The van der Waals surface area contributed by atoms with Crippen molar-refractivity contribution in [3.63, 3.8) is 0 Å². The van der Waals surface area contributed by atoms with Crippen LogP contribution in [0.5, 0.6) is 5.75 Å². The molecule has 0 heterocycles. The van der Waals surface area contributed by atoms with Gasteiger partial charge in [0.25, 0.3) is 11.6 Å². The molecular weight excluding hydrogens is 436 g/mol. The molecule has 0 fully saturated rings. The van der Waals surface area contributed by atoms with Gasteiger partial charge in [0.15, 0.2) is 0 Å². The number of amides is 1. The van der Waals surface area contributed by atoms with Gasteiger partial charge in [-0.05, 0) is 36.8 Å². The maximum atomic E-state index is 12.6. The zero-order valence-electron chi connectivity index (χ0n) is 16.3. The lowest BCUT2D eigenvalue weighted by Crippen LogP contribution is -2.36. The number of halogens is 1. The topological polar surface area (TPSA) is 131 Å². The number of aryl methyl sites for hydroxylation is 1. The fourth-order valence-electron chi connectivity index (χ4n) is 2.43. The number of nitrogens with zero attached hydrogens (tertiary/aromatic N) is 3. The number of benzene rings is 2. The van der Waals surface area contributed by atoms with Gasteiger partial charge in [0.05, 0.1) is 29.7 Å². The van der Waals surface area contributed by atoms with Gasteiger partial charge in [-0.15, -0.1) is 0 Å². The van der Waals surface area contributed by atoms with Crippen LogP contribution < -0.4 is 10.2 Å². The molecule has 0 bridgehead atoms. The van der Waals surface area contributed by atoms with Gasteiger partial charge < -0.3 is 4.74 Å². The number of carbonyl (C=O) groups is 1. The Balaban J connectivity index is 2.05. The van der Waals surface area contributed by atoms with Crippen molar-refractivity contribution in [1.29, 1.82) is 0 Å². The third-order valence-electron chi connectivity index (χ3n) is 4.02. The normalized spacial score (nSPS) is 11.6. The summed E-state index contributed by atoms with van der Waals surface area (Å²) >= 11 is 5.94. The summed E-state index contributed by atoms with van der Waals surface area (Å²) in [5.41, 5.74) is 2.84. The first kappa shape index (κ1) is 23.3. The Labute approximate surface area is 178 Å². The minimum Gasteiger partial charge on any atom is -0.496 e. The maximum absolute atomic E-state index is 12.6. The van der Waals surface area contributed by atoms with Crippen molar-refractivity contribution in [2.75, 3.05) is 20.7 Å². The van der Waals surface area contributed by atoms with Gasteiger partial charge in [0.2, 0.25) is 10.0 Å². The maximum Gasteiger partial charge on any atom is 0.270 e. The molecule has 0 radical (unpaired) electrons. The highest BCUT2D eigenvalue weighted by molar-refractivity contribution is 7.89. The Morgan fingerprint density at radius 3 is 2.63 bits per heavy atom. The number of nitrogens with one attached hydrogen (secondary N) is 1. The largest absolute Gasteiger partial charge is 0.496 e. The second-order valence-corrected chi connectivity index (χ2v) is 8.60. The minimum atomic E-state index is -3.91. The third-order valence-corrected chi connectivity index (χ3v) is 6.17. The van der Waals surface area contributed by atoms with Crippen LogP contribution in [0.2, 0.25) is 5.02 Å². The number of ether oxygens (including phenoxy) is 1. The fourth-order valence-corrected chi connectivity index (χ4v) is 3.81. The number of nitro groups is 1. The van der Waals surface area contributed by atoms with Crippen molar-refractivity contribution >= 4 is 39.4 Å². The average Bonchev–Trinajstić information content (AvgIpc) is 2.68. The Bertz CT molecular complexity index is 1100. The van der Waals surface area contributed by atoms with Crippen LogP contribution in [0.1, 0.15) is 11.1 Å². The van der Waals surface area contributed by atoms with Gasteiger partial charge in [0, 0.05) is 29.8 Å². The van der Waals surface area contributed by atoms with Gasteiger partial charge >= 0.3 is 0 Å². The molecule has 0 spiro atoms. The van der Waals surface area contributed by atoms with Gasteiger partial charge in [0.1, 0.15) is 5.75 Å². The first-order valence-corrected chi connectivity index (χ1v) is 10.2. The average molecular weight is 455 g/mol. The highest BCUT2D eigenvalue weighted by Gasteiger charge is 2.23. The number of hydrogen-bond donors (Lipinski definition) is 1. The van der Waals surface area contributed by atoms with E-state index in [4.69, 9.17) is 16.3 Å². The summed E-state index contributed by atoms with van der Waals surface area (Å²) in [6.07, 6.45) is 1.13. The van der Waals surface area contributed by atoms with Crippen molar-refractivity contribution in [2.24, 2.45) is 5.10 Å². The smallest absolute Gasteiger partial charge is 0.270 e. The lowest BCUT2D eigenvalue weighted by Gasteiger charge is -2.17. The predicted octanol–water partition coefficient (Wildman–Crippen LogP) is 2.34. The van der Waals surface area contributed by atoms with Crippen LogP contribution >= 0.6 is 11.6 Å². The molecule has 0 unspecified atom stereocenters. The van der Waals surface area contributed by atoms with Gasteiger partial charge in [-0.2, -0.15) is 9.41 Å². The molecule has 2 aromatic rings. The predicted molar refractivity (Wildman–Crippen MR) is 111 cm³/mol. The van der Waals surface area contributed by atoms with Crippen LogP contribution in [-0.2, 0) is 14.8 Å². The number of rotatable bonds is 8. The second kappa shape index (κ2) is 9.65. The summed E-state index contributed by atoms with van der Waals surface area (Å²) in [4.78, 5) is 22.3. The van der Waals surface area contributed by atoms with Crippen LogP contribution in [0.15, 0.2) is 46.4 Å². The molecule has 0 aliphatic heterocycles. The number of non-ortho nitro benzene ring substituents is 1. The molecule has 0 aliphatic rings. The highest BCUT2D eigenvalue weighted by atomic mass is 35.5. The number of hydrazone groups is 1. The van der Waals surface area contributed by atoms with E-state index in [0.717, 1.165) is 10.5 Å². The van der Waals surface area contributed by atoms with Gasteiger partial charge in [-0.25, -0.2) is 13.8 Å². The summed E-state index contributed by atoms with van der Waals surface area (Å²) in [6.45, 7) is 1.21. The Hall–Kier alpha value is -3.02. The third kappa shape index (κ3) is 5.53. The number of hydrogen-bond acceptors (Lipinski definition) is 7. The Morgan fingerprint density at radius 2 is 2.03 bits per heavy atom. The monoisotopic (exact) mass is 454 g/mol. The number of sulfonamides is 1. The van der Waals surface area contributed by atoms with Crippen LogP contribution in [0, 0.1) is 17.0 Å². The molecule has 1 amide bonds. The van der Waals surface area contributed by atoms with Crippen LogP contribution in [0.4, 0.5) is 5.69 Å². The van der Waals surface area contributed by atoms with Crippen molar-refractivity contribution < 1.29 is 22.9 Å². The number of nitro benzene ring substituents is 1. The summed E-state index contributed by atoms with van der Waals surface area (Å²) in [6, 6.07) is 8.13. The second-order valence-electron chi connectivity index (χ2n) is 6.15. The molecule has 1 N–H and O–H groups in total. The van der Waals surface area contributed by atoms with Gasteiger partial charge in [-0.1, -0.05) is 11.6 Å². The van der Waals surface area contributed by atoms with Crippen molar-refractivity contribution in [2.45, 2.75) is 11.8 Å². The molecule has 160 valence electrons. The molecule has 2 aromatic carbocycles. The van der Waals surface area contributed by atoms with E-state index in [1.807, 2.05) is 0 Å². The summed E-state index contributed by atoms with van der Waals surface area (Å²) < 4.78 is 31.3. The zero-order valence-corrected chi connectivity index (χ0v) is 17.9. The molecule has 10 nitrogen and oxygen atoms in total. The highest BCUT2D eigenvalue weighted by Crippen LogP contribution is 2.23. The van der Waals surface area contributed by atoms with E-state index >= 15 is 0 Å². The van der Waals surface area contributed by atoms with Crippen molar-refractivity contribution in [3.8, 4) is 5.75 Å². The molecule has 2 rings (SSSR count). The van der Waals surface area contributed by atoms with Crippen LogP contribution in [0.25, 0.3) is 0 Å². The molecule has 0 saturated heterocycles.